The summed E-state index contributed by atoms with van der Waals surface area (Å²) >= 11 is 0. The van der Waals surface area contributed by atoms with Crippen LogP contribution in [0.3, 0.4) is 0 Å². The van der Waals surface area contributed by atoms with Crippen LogP contribution in [-0.4, -0.2) is 42.1 Å². The van der Waals surface area contributed by atoms with Gasteiger partial charge in [-0.15, -0.1) is 0 Å². The Kier molecular flexibility index (Phi) is 4.62. The summed E-state index contributed by atoms with van der Waals surface area (Å²) in [6.45, 7) is 2.64. The lowest BCUT2D eigenvalue weighted by Crippen LogP contribution is -2.28. The molecule has 112 valence electrons. The first-order valence-electron chi connectivity index (χ1n) is 6.85. The highest BCUT2D eigenvalue weighted by atomic mass is 16.5. The van der Waals surface area contributed by atoms with Crippen molar-refractivity contribution in [1.29, 1.82) is 0 Å². The molecule has 21 heavy (non-hydrogen) atoms. The molecule has 5 nitrogen and oxygen atoms in total. The Bertz CT molecular complexity index is 579. The van der Waals surface area contributed by atoms with E-state index in [-0.39, 0.29) is 12.5 Å². The predicted octanol–water partition coefficient (Wildman–Crippen LogP) is 2.03. The highest BCUT2D eigenvalue weighted by molar-refractivity contribution is 5.95. The predicted molar refractivity (Wildman–Crippen MR) is 79.0 cm³/mol. The topological polar surface area (TPSA) is 66.8 Å². The third-order valence-corrected chi connectivity index (χ3v) is 3.71. The van der Waals surface area contributed by atoms with Crippen molar-refractivity contribution in [3.63, 3.8) is 0 Å². The Hall–Kier alpha value is -2.30. The second-order valence-electron chi connectivity index (χ2n) is 5.17. The van der Waals surface area contributed by atoms with Gasteiger partial charge >= 0.3 is 5.97 Å². The van der Waals surface area contributed by atoms with E-state index in [1.807, 2.05) is 31.2 Å². The van der Waals surface area contributed by atoms with Crippen molar-refractivity contribution in [3.8, 4) is 5.75 Å². The van der Waals surface area contributed by atoms with Crippen LogP contribution in [0.15, 0.2) is 30.3 Å². The number of benzene rings is 1. The number of hydrogen-bond donors (Lipinski definition) is 1. The maximum Gasteiger partial charge on any atom is 0.308 e. The van der Waals surface area contributed by atoms with Gasteiger partial charge in [0.1, 0.15) is 5.75 Å². The van der Waals surface area contributed by atoms with E-state index in [1.54, 1.807) is 18.1 Å². The van der Waals surface area contributed by atoms with Crippen molar-refractivity contribution in [2.75, 3.05) is 20.2 Å². The Morgan fingerprint density at radius 1 is 1.43 bits per heavy atom. The number of nitrogens with zero attached hydrogens (tertiary/aromatic N) is 1. The summed E-state index contributed by atoms with van der Waals surface area (Å²) in [5.74, 6) is -0.683. The first-order valence-corrected chi connectivity index (χ1v) is 6.85. The molecule has 1 aliphatic heterocycles. The van der Waals surface area contributed by atoms with Crippen molar-refractivity contribution in [1.82, 2.24) is 4.90 Å². The molecule has 1 amide bonds. The molecule has 0 aliphatic carbocycles. The average molecular weight is 289 g/mol. The molecule has 1 saturated heterocycles. The van der Waals surface area contributed by atoms with Gasteiger partial charge in [0.2, 0.25) is 5.91 Å². The fraction of sp³-hybridized carbons (Fsp3) is 0.375. The average Bonchev–Trinajstić information content (AvgIpc) is 2.97. The van der Waals surface area contributed by atoms with Gasteiger partial charge in [0.25, 0.3) is 0 Å². The first-order chi connectivity index (χ1) is 10.0. The molecule has 1 fully saturated rings. The molecule has 1 N–H and O–H groups in total. The summed E-state index contributed by atoms with van der Waals surface area (Å²) in [6, 6.07) is 7.48. The number of carboxylic acids is 1. The molecule has 1 aromatic carbocycles. The quantitative estimate of drug-likeness (QED) is 0.861. The highest BCUT2D eigenvalue weighted by Gasteiger charge is 2.29. The summed E-state index contributed by atoms with van der Waals surface area (Å²) in [4.78, 5) is 24.7. The molecule has 0 spiro atoms. The second-order valence-corrected chi connectivity index (χ2v) is 5.17. The number of hydrogen-bond acceptors (Lipinski definition) is 3. The lowest BCUT2D eigenvalue weighted by molar-refractivity contribution is -0.141. The van der Waals surface area contributed by atoms with E-state index in [0.717, 1.165) is 16.9 Å². The molecule has 0 bridgehead atoms. The monoisotopic (exact) mass is 289 g/mol. The van der Waals surface area contributed by atoms with Gasteiger partial charge in [0.15, 0.2) is 0 Å². The van der Waals surface area contributed by atoms with Crippen LogP contribution in [0.1, 0.15) is 18.9 Å². The summed E-state index contributed by atoms with van der Waals surface area (Å²) in [7, 11) is 1.60. The van der Waals surface area contributed by atoms with E-state index >= 15 is 0 Å². The van der Waals surface area contributed by atoms with Gasteiger partial charge in [-0.2, -0.15) is 0 Å². The number of carbonyl (C=O) groups is 2. The van der Waals surface area contributed by atoms with E-state index in [9.17, 15) is 9.59 Å². The third-order valence-electron chi connectivity index (χ3n) is 3.71. The third kappa shape index (κ3) is 3.62. The molecular formula is C16H19NO4. The van der Waals surface area contributed by atoms with Gasteiger partial charge in [0.05, 0.1) is 13.0 Å². The summed E-state index contributed by atoms with van der Waals surface area (Å²) in [6.07, 6.45) is 2.08. The second kappa shape index (κ2) is 6.43. The number of amides is 1. The molecule has 1 aliphatic rings. The zero-order chi connectivity index (χ0) is 15.4. The van der Waals surface area contributed by atoms with Gasteiger partial charge in [-0.05, 0) is 36.6 Å². The van der Waals surface area contributed by atoms with Crippen LogP contribution in [-0.2, 0) is 9.59 Å². The molecular weight excluding hydrogens is 270 g/mol. The molecule has 5 heteroatoms. The van der Waals surface area contributed by atoms with Crippen molar-refractivity contribution < 1.29 is 19.4 Å². The number of carbonyl (C=O) groups excluding carboxylic acids is 1. The van der Waals surface area contributed by atoms with Gasteiger partial charge in [-0.25, -0.2) is 0 Å². The van der Waals surface area contributed by atoms with Gasteiger partial charge in [0, 0.05) is 19.2 Å². The fourth-order valence-electron chi connectivity index (χ4n) is 2.39. The van der Waals surface area contributed by atoms with Crippen LogP contribution < -0.4 is 4.74 Å². The van der Waals surface area contributed by atoms with E-state index in [4.69, 9.17) is 9.84 Å². The highest BCUT2D eigenvalue weighted by Crippen LogP contribution is 2.21. The molecule has 1 aromatic rings. The van der Waals surface area contributed by atoms with Gasteiger partial charge < -0.3 is 14.7 Å². The van der Waals surface area contributed by atoms with E-state index in [1.165, 1.54) is 0 Å². The number of allylic oxidation sites excluding steroid dienone is 1. The first kappa shape index (κ1) is 15.1. The molecule has 1 atom stereocenters. The Labute approximate surface area is 123 Å². The maximum atomic E-state index is 12.2. The number of methoxy groups -OCH3 is 1. The lowest BCUT2D eigenvalue weighted by Gasteiger charge is -2.14. The zero-order valence-corrected chi connectivity index (χ0v) is 12.2. The molecule has 0 radical (unpaired) electrons. The van der Waals surface area contributed by atoms with Gasteiger partial charge in [-0.3, -0.25) is 9.59 Å². The number of carboxylic acid groups (broad SMARTS) is 1. The van der Waals surface area contributed by atoms with E-state index < -0.39 is 11.9 Å². The zero-order valence-electron chi connectivity index (χ0n) is 12.2. The standard InChI is InChI=1S/C16H19NO4/c1-11(12-4-3-5-14(9-12)21-2)8-15(18)17-7-6-13(10-17)16(19)20/h3-5,8-9,13H,6-7,10H2,1-2H3,(H,19,20)/b11-8+. The van der Waals surface area contributed by atoms with Crippen LogP contribution in [0.2, 0.25) is 0 Å². The normalized spacial score (nSPS) is 18.7. The molecule has 0 saturated carbocycles. The number of ether oxygens (including phenoxy) is 1. The fourth-order valence-corrected chi connectivity index (χ4v) is 2.39. The van der Waals surface area contributed by atoms with Crippen LogP contribution >= 0.6 is 0 Å². The van der Waals surface area contributed by atoms with Crippen molar-refractivity contribution in [2.24, 2.45) is 5.92 Å². The Balaban J connectivity index is 2.08. The minimum Gasteiger partial charge on any atom is -0.497 e. The van der Waals surface area contributed by atoms with E-state index in [2.05, 4.69) is 0 Å². The summed E-state index contributed by atoms with van der Waals surface area (Å²) < 4.78 is 5.16. The van der Waals surface area contributed by atoms with Crippen molar-refractivity contribution in [3.05, 3.63) is 35.9 Å². The summed E-state index contributed by atoms with van der Waals surface area (Å²) in [5.41, 5.74) is 1.74. The van der Waals surface area contributed by atoms with Crippen molar-refractivity contribution in [2.45, 2.75) is 13.3 Å². The van der Waals surface area contributed by atoms with Crippen LogP contribution in [0, 0.1) is 5.92 Å². The smallest absolute Gasteiger partial charge is 0.308 e. The van der Waals surface area contributed by atoms with Gasteiger partial charge in [-0.1, -0.05) is 12.1 Å². The van der Waals surface area contributed by atoms with E-state index in [0.29, 0.717) is 13.0 Å². The largest absolute Gasteiger partial charge is 0.497 e. The van der Waals surface area contributed by atoms with Crippen LogP contribution in [0.4, 0.5) is 0 Å². The SMILES string of the molecule is COc1cccc(/C(C)=C/C(=O)N2CCC(C(=O)O)C2)c1. The number of likely N-dealkylation sites (tertiary alicyclic amines) is 1. The number of aliphatic carboxylic acids is 1. The molecule has 1 unspecified atom stereocenters. The van der Waals surface area contributed by atoms with Crippen molar-refractivity contribution >= 4 is 17.4 Å². The minimum atomic E-state index is -0.834. The maximum absolute atomic E-state index is 12.2. The molecule has 1 heterocycles. The minimum absolute atomic E-state index is 0.140. The molecule has 2 rings (SSSR count). The van der Waals surface area contributed by atoms with Crippen LogP contribution in [0.5, 0.6) is 5.75 Å². The molecule has 0 aromatic heterocycles. The van der Waals surface area contributed by atoms with Crippen LogP contribution in [0.25, 0.3) is 5.57 Å². The Morgan fingerprint density at radius 2 is 2.19 bits per heavy atom. The lowest BCUT2D eigenvalue weighted by atomic mass is 10.1. The number of rotatable bonds is 4. The Morgan fingerprint density at radius 3 is 2.81 bits per heavy atom. The summed E-state index contributed by atoms with van der Waals surface area (Å²) in [5, 5.41) is 8.96.